The molecule has 0 saturated carbocycles. The third kappa shape index (κ3) is 4.96. The van der Waals surface area contributed by atoms with Gasteiger partial charge in [0.25, 0.3) is 0 Å². The number of anilines is 1. The lowest BCUT2D eigenvalue weighted by Crippen LogP contribution is -2.25. The van der Waals surface area contributed by atoms with Gasteiger partial charge in [0.1, 0.15) is 10.7 Å². The highest BCUT2D eigenvalue weighted by atomic mass is 32.2. The van der Waals surface area contributed by atoms with Gasteiger partial charge in [-0.1, -0.05) is 0 Å². The monoisotopic (exact) mass is 275 g/mol. The number of pyridine rings is 1. The molecule has 1 rings (SSSR count). The second kappa shape index (κ2) is 7.27. The summed E-state index contributed by atoms with van der Waals surface area (Å²) < 4.78 is 30.9. The molecule has 1 aromatic rings. The Morgan fingerprint density at radius 2 is 2.17 bits per heavy atom. The van der Waals surface area contributed by atoms with Crippen LogP contribution < -0.4 is 10.5 Å². The number of rotatable bonds is 8. The van der Waals surface area contributed by atoms with Crippen LogP contribution in [0.1, 0.15) is 6.42 Å². The lowest BCUT2D eigenvalue weighted by atomic mass is 10.5. The molecule has 102 valence electrons. The minimum absolute atomic E-state index is 0.0389. The molecule has 0 radical (unpaired) electrons. The molecule has 0 atom stereocenters. The number of hydrogen-bond donors (Lipinski definition) is 3. The number of nitrogen functional groups attached to an aromatic ring is 1. The van der Waals surface area contributed by atoms with Gasteiger partial charge in [-0.05, 0) is 18.6 Å². The van der Waals surface area contributed by atoms with Gasteiger partial charge in [-0.25, -0.2) is 18.1 Å². The van der Waals surface area contributed by atoms with Crippen molar-refractivity contribution in [2.24, 2.45) is 0 Å². The molecule has 18 heavy (non-hydrogen) atoms. The summed E-state index contributed by atoms with van der Waals surface area (Å²) >= 11 is 0. The third-order valence-corrected chi connectivity index (χ3v) is 3.51. The van der Waals surface area contributed by atoms with Gasteiger partial charge in [0.15, 0.2) is 0 Å². The third-order valence-electron chi connectivity index (χ3n) is 2.06. The summed E-state index contributed by atoms with van der Waals surface area (Å²) in [5.74, 6) is 0.270. The highest BCUT2D eigenvalue weighted by molar-refractivity contribution is 7.89. The van der Waals surface area contributed by atoms with E-state index in [-0.39, 0.29) is 30.5 Å². The molecule has 1 aromatic heterocycles. The number of nitrogens with one attached hydrogen (secondary N) is 1. The quantitative estimate of drug-likeness (QED) is 0.543. The molecule has 1 heterocycles. The average molecular weight is 275 g/mol. The molecule has 0 unspecified atom stereocenters. The fourth-order valence-corrected chi connectivity index (χ4v) is 2.20. The van der Waals surface area contributed by atoms with Crippen LogP contribution in [0.2, 0.25) is 0 Å². The number of nitrogens with zero attached hydrogens (tertiary/aromatic N) is 1. The van der Waals surface area contributed by atoms with Gasteiger partial charge in [0.05, 0.1) is 13.2 Å². The molecule has 0 aromatic carbocycles. The number of nitrogens with two attached hydrogens (primary N) is 1. The normalized spacial score (nSPS) is 11.6. The molecule has 0 saturated heterocycles. The van der Waals surface area contributed by atoms with Gasteiger partial charge in [-0.2, -0.15) is 0 Å². The minimum Gasteiger partial charge on any atom is -0.394 e. The molecule has 0 aliphatic heterocycles. The van der Waals surface area contributed by atoms with Crippen molar-refractivity contribution in [1.82, 2.24) is 9.71 Å². The maximum Gasteiger partial charge on any atom is 0.242 e. The first-order valence-corrected chi connectivity index (χ1v) is 6.94. The maximum atomic E-state index is 11.8. The van der Waals surface area contributed by atoms with E-state index in [2.05, 4.69) is 9.71 Å². The van der Waals surface area contributed by atoms with Gasteiger partial charge in [0, 0.05) is 19.3 Å². The second-order valence-corrected chi connectivity index (χ2v) is 5.27. The summed E-state index contributed by atoms with van der Waals surface area (Å²) in [5.41, 5.74) is 5.37. The summed E-state index contributed by atoms with van der Waals surface area (Å²) in [4.78, 5) is 3.80. The Bertz CT molecular complexity index is 447. The summed E-state index contributed by atoms with van der Waals surface area (Å²) in [5, 5.41) is 8.47. The number of sulfonamides is 1. The van der Waals surface area contributed by atoms with Crippen molar-refractivity contribution in [3.8, 4) is 0 Å². The number of aliphatic hydroxyl groups excluding tert-OH is 1. The van der Waals surface area contributed by atoms with Crippen molar-refractivity contribution < 1.29 is 18.3 Å². The zero-order valence-electron chi connectivity index (χ0n) is 9.87. The van der Waals surface area contributed by atoms with E-state index in [0.717, 1.165) is 0 Å². The Morgan fingerprint density at radius 1 is 1.39 bits per heavy atom. The van der Waals surface area contributed by atoms with Crippen molar-refractivity contribution >= 4 is 15.8 Å². The van der Waals surface area contributed by atoms with Crippen molar-refractivity contribution in [1.29, 1.82) is 0 Å². The number of aromatic nitrogens is 1. The Morgan fingerprint density at radius 3 is 2.78 bits per heavy atom. The van der Waals surface area contributed by atoms with Crippen LogP contribution in [0.15, 0.2) is 23.2 Å². The first-order chi connectivity index (χ1) is 8.56. The molecule has 8 heteroatoms. The van der Waals surface area contributed by atoms with E-state index in [4.69, 9.17) is 15.6 Å². The van der Waals surface area contributed by atoms with E-state index >= 15 is 0 Å². The largest absolute Gasteiger partial charge is 0.394 e. The van der Waals surface area contributed by atoms with Crippen LogP contribution >= 0.6 is 0 Å². The fourth-order valence-electron chi connectivity index (χ4n) is 1.18. The smallest absolute Gasteiger partial charge is 0.242 e. The molecule has 0 fully saturated rings. The molecule has 7 nitrogen and oxygen atoms in total. The first kappa shape index (κ1) is 14.8. The van der Waals surface area contributed by atoms with E-state index < -0.39 is 10.0 Å². The van der Waals surface area contributed by atoms with Crippen molar-refractivity contribution in [3.63, 3.8) is 0 Å². The Labute approximate surface area is 106 Å². The van der Waals surface area contributed by atoms with Gasteiger partial charge in [-0.3, -0.25) is 0 Å². The number of ether oxygens (including phenoxy) is 1. The van der Waals surface area contributed by atoms with E-state index in [0.29, 0.717) is 13.0 Å². The number of hydrogen-bond acceptors (Lipinski definition) is 6. The zero-order valence-corrected chi connectivity index (χ0v) is 10.7. The van der Waals surface area contributed by atoms with Gasteiger partial charge in [-0.15, -0.1) is 0 Å². The average Bonchev–Trinajstić information content (AvgIpc) is 2.34. The second-order valence-electron chi connectivity index (χ2n) is 3.51. The maximum absolute atomic E-state index is 11.8. The molecule has 4 N–H and O–H groups in total. The fraction of sp³-hybridized carbons (Fsp3) is 0.500. The Balaban J connectivity index is 2.38. The predicted molar refractivity (Wildman–Crippen MR) is 66.4 cm³/mol. The highest BCUT2D eigenvalue weighted by Gasteiger charge is 2.13. The van der Waals surface area contributed by atoms with E-state index in [9.17, 15) is 8.42 Å². The highest BCUT2D eigenvalue weighted by Crippen LogP contribution is 2.08. The van der Waals surface area contributed by atoms with E-state index in [1.165, 1.54) is 18.3 Å². The lowest BCUT2D eigenvalue weighted by molar-refractivity contribution is 0.0913. The topological polar surface area (TPSA) is 115 Å². The van der Waals surface area contributed by atoms with E-state index in [1.807, 2.05) is 0 Å². The van der Waals surface area contributed by atoms with Crippen molar-refractivity contribution in [3.05, 3.63) is 18.3 Å². The first-order valence-electron chi connectivity index (χ1n) is 5.46. The van der Waals surface area contributed by atoms with Crippen LogP contribution in [0.4, 0.5) is 5.82 Å². The van der Waals surface area contributed by atoms with Crippen LogP contribution in [-0.4, -0.2) is 44.9 Å². The van der Waals surface area contributed by atoms with Crippen LogP contribution in [0.25, 0.3) is 0 Å². The van der Waals surface area contributed by atoms with E-state index in [1.54, 1.807) is 0 Å². The predicted octanol–water partition coefficient (Wildman–Crippen LogP) is -0.659. The zero-order chi connectivity index (χ0) is 13.4. The van der Waals surface area contributed by atoms with Crippen LogP contribution in [-0.2, 0) is 14.8 Å². The van der Waals surface area contributed by atoms with Crippen molar-refractivity contribution in [2.45, 2.75) is 11.3 Å². The summed E-state index contributed by atoms with van der Waals surface area (Å²) in [6.45, 7) is 0.874. The Kier molecular flexibility index (Phi) is 5.99. The SMILES string of the molecule is Nc1ccc(S(=O)(=O)NCCCOCCO)cn1. The van der Waals surface area contributed by atoms with Crippen LogP contribution in [0.3, 0.4) is 0 Å². The molecule has 0 aliphatic carbocycles. The molecule has 0 amide bonds. The van der Waals surface area contributed by atoms with Gasteiger partial charge >= 0.3 is 0 Å². The van der Waals surface area contributed by atoms with Crippen LogP contribution in [0.5, 0.6) is 0 Å². The molecular formula is C10H17N3O4S. The summed E-state index contributed by atoms with van der Waals surface area (Å²) in [6.07, 6.45) is 1.74. The van der Waals surface area contributed by atoms with Gasteiger partial charge < -0.3 is 15.6 Å². The van der Waals surface area contributed by atoms with Crippen molar-refractivity contribution in [2.75, 3.05) is 32.1 Å². The molecule has 0 spiro atoms. The van der Waals surface area contributed by atoms with Crippen LogP contribution in [0, 0.1) is 0 Å². The minimum atomic E-state index is -3.54. The van der Waals surface area contributed by atoms with Gasteiger partial charge in [0.2, 0.25) is 10.0 Å². The molecule has 0 aliphatic rings. The summed E-state index contributed by atoms with van der Waals surface area (Å²) in [6, 6.07) is 2.83. The standard InChI is InChI=1S/C10H17N3O4S/c11-10-3-2-9(8-12-10)18(15,16)13-4-1-6-17-7-5-14/h2-3,8,13-14H,1,4-7H2,(H2,11,12). The molecular weight excluding hydrogens is 258 g/mol. The number of aliphatic hydroxyl groups is 1. The lowest BCUT2D eigenvalue weighted by Gasteiger charge is -2.06. The Hall–Kier alpha value is -1.22. The summed E-state index contributed by atoms with van der Waals surface area (Å²) in [7, 11) is -3.54. The molecule has 0 bridgehead atoms.